The summed E-state index contributed by atoms with van der Waals surface area (Å²) < 4.78 is 0. The summed E-state index contributed by atoms with van der Waals surface area (Å²) in [6.07, 6.45) is 10.9. The molecule has 242 valence electrons. The highest BCUT2D eigenvalue weighted by molar-refractivity contribution is 5.90. The lowest BCUT2D eigenvalue weighted by Gasteiger charge is -2.42. The van der Waals surface area contributed by atoms with E-state index in [0.29, 0.717) is 31.6 Å². The van der Waals surface area contributed by atoms with Crippen LogP contribution in [-0.2, 0) is 19.2 Å². The van der Waals surface area contributed by atoms with Gasteiger partial charge in [-0.25, -0.2) is 4.79 Å². The SMILES string of the molecule is CCC(C)N1C(=O)CN(CCC(=O)O)C(=O)C2CC(NC(=O)CC3CCC(NC(=O)NC4CCCCC4C)CC3)CCC21. The van der Waals surface area contributed by atoms with E-state index < -0.39 is 11.9 Å². The van der Waals surface area contributed by atoms with Crippen LogP contribution < -0.4 is 16.0 Å². The second-order valence-electron chi connectivity index (χ2n) is 13.6. The van der Waals surface area contributed by atoms with E-state index in [1.165, 1.54) is 17.7 Å². The molecule has 6 atom stereocenters. The molecule has 4 rings (SSSR count). The van der Waals surface area contributed by atoms with Crippen molar-refractivity contribution in [2.45, 2.75) is 141 Å². The van der Waals surface area contributed by atoms with Crippen molar-refractivity contribution in [3.63, 3.8) is 0 Å². The largest absolute Gasteiger partial charge is 0.481 e. The van der Waals surface area contributed by atoms with Crippen LogP contribution in [0.5, 0.6) is 0 Å². The van der Waals surface area contributed by atoms with E-state index in [2.05, 4.69) is 22.9 Å². The van der Waals surface area contributed by atoms with E-state index in [1.807, 2.05) is 18.7 Å². The Balaban J connectivity index is 1.26. The molecule has 4 aliphatic rings. The molecule has 1 aliphatic heterocycles. The van der Waals surface area contributed by atoms with Crippen LogP contribution in [0.2, 0.25) is 0 Å². The van der Waals surface area contributed by atoms with E-state index in [0.717, 1.165) is 44.9 Å². The van der Waals surface area contributed by atoms with Gasteiger partial charge in [-0.1, -0.05) is 26.7 Å². The fraction of sp³-hybridized carbons (Fsp3) is 0.844. The number of hydrogen-bond donors (Lipinski definition) is 4. The first-order chi connectivity index (χ1) is 20.5. The van der Waals surface area contributed by atoms with Gasteiger partial charge in [0, 0.05) is 43.2 Å². The van der Waals surface area contributed by atoms with E-state index in [4.69, 9.17) is 0 Å². The summed E-state index contributed by atoms with van der Waals surface area (Å²) >= 11 is 0. The molecule has 4 N–H and O–H groups in total. The smallest absolute Gasteiger partial charge is 0.315 e. The zero-order chi connectivity index (χ0) is 31.1. The maximum absolute atomic E-state index is 13.6. The molecule has 11 nitrogen and oxygen atoms in total. The van der Waals surface area contributed by atoms with Gasteiger partial charge in [0.05, 0.1) is 18.9 Å². The van der Waals surface area contributed by atoms with Crippen molar-refractivity contribution in [1.82, 2.24) is 25.8 Å². The Morgan fingerprint density at radius 2 is 1.63 bits per heavy atom. The minimum Gasteiger partial charge on any atom is -0.481 e. The van der Waals surface area contributed by atoms with Gasteiger partial charge in [-0.3, -0.25) is 19.2 Å². The lowest BCUT2D eigenvalue weighted by Crippen LogP contribution is -2.54. The van der Waals surface area contributed by atoms with Gasteiger partial charge in [0.15, 0.2) is 0 Å². The van der Waals surface area contributed by atoms with Gasteiger partial charge in [-0.05, 0) is 83.0 Å². The van der Waals surface area contributed by atoms with Crippen LogP contribution in [0, 0.1) is 17.8 Å². The number of nitrogens with one attached hydrogen (secondary N) is 3. The monoisotopic (exact) mass is 603 g/mol. The zero-order valence-corrected chi connectivity index (χ0v) is 26.3. The van der Waals surface area contributed by atoms with Gasteiger partial charge >= 0.3 is 12.0 Å². The molecule has 43 heavy (non-hydrogen) atoms. The fourth-order valence-corrected chi connectivity index (χ4v) is 7.80. The van der Waals surface area contributed by atoms with E-state index in [1.54, 1.807) is 0 Å². The predicted octanol–water partition coefficient (Wildman–Crippen LogP) is 3.41. The summed E-state index contributed by atoms with van der Waals surface area (Å²) in [6, 6.07) is -0.101. The molecule has 0 bridgehead atoms. The second kappa shape index (κ2) is 15.2. The number of carboxylic acids is 1. The molecule has 11 heteroatoms. The van der Waals surface area contributed by atoms with Crippen LogP contribution in [0.25, 0.3) is 0 Å². The number of nitrogens with zero attached hydrogens (tertiary/aromatic N) is 2. The molecule has 4 fully saturated rings. The Morgan fingerprint density at radius 1 is 0.930 bits per heavy atom. The van der Waals surface area contributed by atoms with Crippen molar-refractivity contribution in [1.29, 1.82) is 0 Å². The molecule has 0 aromatic rings. The number of aliphatic carboxylic acids is 1. The van der Waals surface area contributed by atoms with Crippen LogP contribution in [0.15, 0.2) is 0 Å². The van der Waals surface area contributed by atoms with Crippen molar-refractivity contribution < 1.29 is 29.1 Å². The summed E-state index contributed by atoms with van der Waals surface area (Å²) in [4.78, 5) is 66.9. The first-order valence-corrected chi connectivity index (χ1v) is 16.7. The first kappa shape index (κ1) is 33.1. The standard InChI is InChI=1S/C32H53N5O6/c1-4-21(3)37-27-14-13-24(18-25(27)31(42)36(19-29(37)39)16-15-30(40)41)33-28(38)17-22-9-11-23(12-10-22)34-32(43)35-26-8-6-5-7-20(26)2/h20-27H,4-19H2,1-3H3,(H,33,38)(H,40,41)(H2,34,35,43). The minimum atomic E-state index is -1.00. The highest BCUT2D eigenvalue weighted by atomic mass is 16.4. The predicted molar refractivity (Wildman–Crippen MR) is 162 cm³/mol. The Bertz CT molecular complexity index is 1010. The fourth-order valence-electron chi connectivity index (χ4n) is 7.80. The lowest BCUT2D eigenvalue weighted by atomic mass is 9.79. The molecule has 1 heterocycles. The zero-order valence-electron chi connectivity index (χ0n) is 26.3. The molecule has 3 saturated carbocycles. The Hall–Kier alpha value is -2.85. The molecule has 5 amide bonds. The highest BCUT2D eigenvalue weighted by Gasteiger charge is 2.46. The van der Waals surface area contributed by atoms with Crippen molar-refractivity contribution in [2.24, 2.45) is 17.8 Å². The number of rotatable bonds is 10. The topological polar surface area (TPSA) is 148 Å². The van der Waals surface area contributed by atoms with E-state index >= 15 is 0 Å². The number of carbonyl (C=O) groups is 5. The maximum atomic E-state index is 13.6. The summed E-state index contributed by atoms with van der Waals surface area (Å²) in [5.41, 5.74) is 0. The summed E-state index contributed by atoms with van der Waals surface area (Å²) in [6.45, 7) is 6.13. The summed E-state index contributed by atoms with van der Waals surface area (Å²) in [7, 11) is 0. The second-order valence-corrected chi connectivity index (χ2v) is 13.6. The van der Waals surface area contributed by atoms with Crippen LogP contribution in [0.3, 0.4) is 0 Å². The molecule has 0 aromatic carbocycles. The number of hydrogen-bond acceptors (Lipinski definition) is 5. The van der Waals surface area contributed by atoms with Crippen LogP contribution in [0.4, 0.5) is 4.79 Å². The Kier molecular flexibility index (Phi) is 11.7. The number of carbonyl (C=O) groups excluding carboxylic acids is 4. The molecule has 6 unspecified atom stereocenters. The molecule has 0 spiro atoms. The van der Waals surface area contributed by atoms with Gasteiger partial charge in [0.2, 0.25) is 17.7 Å². The van der Waals surface area contributed by atoms with Crippen molar-refractivity contribution >= 4 is 29.7 Å². The van der Waals surface area contributed by atoms with Gasteiger partial charge in [-0.15, -0.1) is 0 Å². The average molecular weight is 604 g/mol. The normalized spacial score (nSPS) is 32.3. The third-order valence-corrected chi connectivity index (χ3v) is 10.5. The van der Waals surface area contributed by atoms with E-state index in [9.17, 15) is 29.1 Å². The number of amides is 5. The van der Waals surface area contributed by atoms with Crippen molar-refractivity contribution in [2.75, 3.05) is 13.1 Å². The van der Waals surface area contributed by atoms with Gasteiger partial charge in [-0.2, -0.15) is 0 Å². The Labute approximate surface area is 256 Å². The number of carboxylic acid groups (broad SMARTS) is 1. The van der Waals surface area contributed by atoms with E-state index in [-0.39, 0.29) is 79.4 Å². The van der Waals surface area contributed by atoms with Crippen LogP contribution in [0.1, 0.15) is 111 Å². The van der Waals surface area contributed by atoms with Crippen molar-refractivity contribution in [3.05, 3.63) is 0 Å². The third kappa shape index (κ3) is 8.85. The molecule has 0 radical (unpaired) electrons. The molecular weight excluding hydrogens is 550 g/mol. The number of fused-ring (bicyclic) bond motifs is 1. The molecule has 0 aromatic heterocycles. The van der Waals surface area contributed by atoms with Gasteiger partial charge in [0.25, 0.3) is 0 Å². The Morgan fingerprint density at radius 3 is 2.30 bits per heavy atom. The van der Waals surface area contributed by atoms with Crippen LogP contribution in [-0.4, -0.2) is 87.9 Å². The molecule has 3 aliphatic carbocycles. The first-order valence-electron chi connectivity index (χ1n) is 16.7. The van der Waals surface area contributed by atoms with Crippen LogP contribution >= 0.6 is 0 Å². The average Bonchev–Trinajstić information content (AvgIpc) is 3.07. The summed E-state index contributed by atoms with van der Waals surface area (Å²) in [5.74, 6) is -1.01. The molecule has 1 saturated heterocycles. The minimum absolute atomic E-state index is 0.00733. The lowest BCUT2D eigenvalue weighted by molar-refractivity contribution is -0.141. The highest BCUT2D eigenvalue weighted by Crippen LogP contribution is 2.35. The van der Waals surface area contributed by atoms with Gasteiger partial charge < -0.3 is 30.9 Å². The quantitative estimate of drug-likeness (QED) is 0.301. The van der Waals surface area contributed by atoms with Gasteiger partial charge in [0.1, 0.15) is 0 Å². The third-order valence-electron chi connectivity index (χ3n) is 10.5. The summed E-state index contributed by atoms with van der Waals surface area (Å²) in [5, 5.41) is 18.7. The van der Waals surface area contributed by atoms with Crippen molar-refractivity contribution in [3.8, 4) is 0 Å². The maximum Gasteiger partial charge on any atom is 0.315 e. The number of urea groups is 1. The molecular formula is C32H53N5O6.